The van der Waals surface area contributed by atoms with Gasteiger partial charge in [0.05, 0.1) is 7.11 Å². The van der Waals surface area contributed by atoms with Crippen LogP contribution in [0, 0.1) is 0 Å². The molecule has 0 spiro atoms. The van der Waals surface area contributed by atoms with Crippen molar-refractivity contribution in [3.05, 3.63) is 34.9 Å². The molecular formula is C27H44N2O5S2. The number of rotatable bonds is 14. The fourth-order valence-electron chi connectivity index (χ4n) is 3.75. The molecule has 0 fully saturated rings. The Bertz CT molecular complexity index is 855. The van der Waals surface area contributed by atoms with E-state index in [0.717, 1.165) is 41.9 Å². The van der Waals surface area contributed by atoms with Gasteiger partial charge in [-0.2, -0.15) is 23.5 Å². The standard InChI is InChI=1S/C27H44N2O5S2/c1-18(2)21-13-12-19(10-9-11-20(17-36-8)28-26(32)34-27(3,4)5)16-22(21)24(30)29-23(14-15-35-7)25(31)33-6/h12-13,16,18,20,23H,9-11,14-15,17H2,1-8H3,(H,28,32)(H,29,30)/t20-,23+/m1/s1. The molecule has 0 saturated carbocycles. The maximum Gasteiger partial charge on any atom is 0.407 e. The first-order valence-electron chi connectivity index (χ1n) is 12.4. The van der Waals surface area contributed by atoms with Gasteiger partial charge in [0.2, 0.25) is 0 Å². The molecule has 1 aromatic carbocycles. The summed E-state index contributed by atoms with van der Waals surface area (Å²) in [5.41, 5.74) is 2.04. The monoisotopic (exact) mass is 540 g/mol. The summed E-state index contributed by atoms with van der Waals surface area (Å²) < 4.78 is 10.3. The molecule has 9 heteroatoms. The van der Waals surface area contributed by atoms with Crippen molar-refractivity contribution in [2.24, 2.45) is 0 Å². The third-order valence-corrected chi connectivity index (χ3v) is 6.87. The Hall–Kier alpha value is -1.87. The zero-order chi connectivity index (χ0) is 27.3. The van der Waals surface area contributed by atoms with E-state index in [-0.39, 0.29) is 17.9 Å². The smallest absolute Gasteiger partial charge is 0.407 e. The normalized spacial score (nSPS) is 13.1. The van der Waals surface area contributed by atoms with Gasteiger partial charge in [-0.1, -0.05) is 26.0 Å². The predicted octanol–water partition coefficient (Wildman–Crippen LogP) is 5.41. The Balaban J connectivity index is 2.92. The number of aryl methyl sites for hydroxylation is 1. The summed E-state index contributed by atoms with van der Waals surface area (Å²) in [7, 11) is 1.34. The van der Waals surface area contributed by atoms with Gasteiger partial charge in [-0.05, 0) is 87.8 Å². The minimum Gasteiger partial charge on any atom is -0.467 e. The predicted molar refractivity (Wildman–Crippen MR) is 151 cm³/mol. The number of thioether (sulfide) groups is 2. The third-order valence-electron chi connectivity index (χ3n) is 5.49. The molecule has 36 heavy (non-hydrogen) atoms. The third kappa shape index (κ3) is 11.9. The Labute approximate surface area is 225 Å². The van der Waals surface area contributed by atoms with E-state index < -0.39 is 23.7 Å². The quantitative estimate of drug-likeness (QED) is 0.305. The molecule has 1 aromatic rings. The van der Waals surface area contributed by atoms with E-state index in [4.69, 9.17) is 9.47 Å². The molecular weight excluding hydrogens is 496 g/mol. The van der Waals surface area contributed by atoms with Crippen molar-refractivity contribution in [2.45, 2.75) is 83.9 Å². The number of carbonyl (C=O) groups is 3. The second-order valence-corrected chi connectivity index (χ2v) is 12.0. The van der Waals surface area contributed by atoms with E-state index in [1.54, 1.807) is 23.5 Å². The van der Waals surface area contributed by atoms with Gasteiger partial charge in [-0.25, -0.2) is 9.59 Å². The molecule has 7 nitrogen and oxygen atoms in total. The number of benzene rings is 1. The number of alkyl carbamates (subject to hydrolysis) is 1. The molecule has 0 heterocycles. The first-order chi connectivity index (χ1) is 16.9. The number of methoxy groups -OCH3 is 1. The Kier molecular flexibility index (Phi) is 14.4. The lowest BCUT2D eigenvalue weighted by Gasteiger charge is -2.23. The minimum atomic E-state index is -0.676. The van der Waals surface area contributed by atoms with Gasteiger partial charge >= 0.3 is 12.1 Å². The number of hydrogen-bond acceptors (Lipinski definition) is 7. The molecule has 0 saturated heterocycles. The van der Waals surface area contributed by atoms with Crippen molar-refractivity contribution in [3.8, 4) is 0 Å². The van der Waals surface area contributed by atoms with Gasteiger partial charge in [0.15, 0.2) is 0 Å². The Morgan fingerprint density at radius 1 is 1.03 bits per heavy atom. The second kappa shape index (κ2) is 16.1. The SMILES string of the molecule is COC(=O)[C@H](CCSC)NC(=O)c1cc(CCC[C@H](CSC)NC(=O)OC(C)(C)C)ccc1C(C)C. The van der Waals surface area contributed by atoms with E-state index >= 15 is 0 Å². The van der Waals surface area contributed by atoms with Gasteiger partial charge in [0.1, 0.15) is 11.6 Å². The molecule has 2 N–H and O–H groups in total. The number of esters is 1. The zero-order valence-corrected chi connectivity index (χ0v) is 24.7. The van der Waals surface area contributed by atoms with Gasteiger partial charge in [-0.3, -0.25) is 4.79 Å². The van der Waals surface area contributed by atoms with E-state index in [2.05, 4.69) is 16.7 Å². The summed E-state index contributed by atoms with van der Waals surface area (Å²) in [6, 6.07) is 5.32. The van der Waals surface area contributed by atoms with Gasteiger partial charge in [0, 0.05) is 17.4 Å². The van der Waals surface area contributed by atoms with Crippen LogP contribution in [0.15, 0.2) is 18.2 Å². The van der Waals surface area contributed by atoms with Crippen LogP contribution in [0.4, 0.5) is 4.79 Å². The van der Waals surface area contributed by atoms with Crippen molar-refractivity contribution >= 4 is 41.5 Å². The maximum atomic E-state index is 13.2. The van der Waals surface area contributed by atoms with Crippen molar-refractivity contribution in [1.29, 1.82) is 0 Å². The molecule has 204 valence electrons. The highest BCUT2D eigenvalue weighted by Crippen LogP contribution is 2.23. The summed E-state index contributed by atoms with van der Waals surface area (Å²) in [4.78, 5) is 37.6. The lowest BCUT2D eigenvalue weighted by Crippen LogP contribution is -2.42. The van der Waals surface area contributed by atoms with E-state index in [9.17, 15) is 14.4 Å². The van der Waals surface area contributed by atoms with E-state index in [1.807, 2.05) is 59.3 Å². The van der Waals surface area contributed by atoms with Crippen LogP contribution in [0.2, 0.25) is 0 Å². The zero-order valence-electron chi connectivity index (χ0n) is 23.1. The van der Waals surface area contributed by atoms with Crippen LogP contribution in [0.3, 0.4) is 0 Å². The second-order valence-electron chi connectivity index (χ2n) is 10.1. The largest absolute Gasteiger partial charge is 0.467 e. The van der Waals surface area contributed by atoms with E-state index in [0.29, 0.717) is 12.0 Å². The molecule has 0 aliphatic rings. The molecule has 0 aromatic heterocycles. The summed E-state index contributed by atoms with van der Waals surface area (Å²) in [6.07, 6.45) is 6.50. The average molecular weight is 541 g/mol. The lowest BCUT2D eigenvalue weighted by atomic mass is 9.93. The number of carbonyl (C=O) groups excluding carboxylic acids is 3. The highest BCUT2D eigenvalue weighted by molar-refractivity contribution is 7.98. The molecule has 0 radical (unpaired) electrons. The summed E-state index contributed by atoms with van der Waals surface area (Å²) in [6.45, 7) is 9.64. The first-order valence-corrected chi connectivity index (χ1v) is 15.2. The first kappa shape index (κ1) is 32.2. The van der Waals surface area contributed by atoms with Crippen LogP contribution in [0.25, 0.3) is 0 Å². The Morgan fingerprint density at radius 2 is 1.72 bits per heavy atom. The molecule has 0 aliphatic heterocycles. The maximum absolute atomic E-state index is 13.2. The molecule has 1 rings (SSSR count). The van der Waals surface area contributed by atoms with Crippen molar-refractivity contribution in [2.75, 3.05) is 31.1 Å². The fourth-order valence-corrected chi connectivity index (χ4v) is 4.87. The Morgan fingerprint density at radius 3 is 2.28 bits per heavy atom. The van der Waals surface area contributed by atoms with Crippen molar-refractivity contribution in [3.63, 3.8) is 0 Å². The molecule has 2 amide bonds. The summed E-state index contributed by atoms with van der Waals surface area (Å²) in [5, 5.41) is 5.86. The number of nitrogens with one attached hydrogen (secondary N) is 2. The van der Waals surface area contributed by atoms with Crippen LogP contribution in [0.5, 0.6) is 0 Å². The van der Waals surface area contributed by atoms with Crippen molar-refractivity contribution in [1.82, 2.24) is 10.6 Å². The molecule has 0 bridgehead atoms. The van der Waals surface area contributed by atoms with Crippen LogP contribution in [-0.4, -0.2) is 66.8 Å². The molecule has 2 atom stereocenters. The highest BCUT2D eigenvalue weighted by Gasteiger charge is 2.24. The molecule has 0 aliphatic carbocycles. The van der Waals surface area contributed by atoms with Gasteiger partial charge in [-0.15, -0.1) is 0 Å². The van der Waals surface area contributed by atoms with Crippen LogP contribution < -0.4 is 10.6 Å². The van der Waals surface area contributed by atoms with Gasteiger partial charge < -0.3 is 20.1 Å². The van der Waals surface area contributed by atoms with Gasteiger partial charge in [0.25, 0.3) is 5.91 Å². The average Bonchev–Trinajstić information content (AvgIpc) is 2.79. The van der Waals surface area contributed by atoms with Crippen LogP contribution in [-0.2, 0) is 20.7 Å². The topological polar surface area (TPSA) is 93.7 Å². The van der Waals surface area contributed by atoms with Crippen LogP contribution in [0.1, 0.15) is 81.3 Å². The number of ether oxygens (including phenoxy) is 2. The van der Waals surface area contributed by atoms with Crippen LogP contribution >= 0.6 is 23.5 Å². The highest BCUT2D eigenvalue weighted by atomic mass is 32.2. The number of hydrogen-bond donors (Lipinski definition) is 2. The fraction of sp³-hybridized carbons (Fsp3) is 0.667. The van der Waals surface area contributed by atoms with E-state index in [1.165, 1.54) is 7.11 Å². The minimum absolute atomic E-state index is 0.00445. The summed E-state index contributed by atoms with van der Waals surface area (Å²) >= 11 is 3.30. The number of amides is 2. The molecule has 0 unspecified atom stereocenters. The van der Waals surface area contributed by atoms with Crippen molar-refractivity contribution < 1.29 is 23.9 Å². The lowest BCUT2D eigenvalue weighted by molar-refractivity contribution is -0.142. The summed E-state index contributed by atoms with van der Waals surface area (Å²) in [5.74, 6) is 1.00.